The van der Waals surface area contributed by atoms with Gasteiger partial charge in [-0.25, -0.2) is 4.79 Å². The van der Waals surface area contributed by atoms with Crippen molar-refractivity contribution in [3.8, 4) is 0 Å². The molecule has 0 saturated carbocycles. The maximum Gasteiger partial charge on any atom is 0.356 e. The van der Waals surface area contributed by atoms with Gasteiger partial charge in [-0.05, 0) is 13.0 Å². The highest BCUT2D eigenvalue weighted by Gasteiger charge is 2.18. The zero-order chi connectivity index (χ0) is 15.2. The summed E-state index contributed by atoms with van der Waals surface area (Å²) < 4.78 is 6.61. The number of carboxylic acids is 1. The van der Waals surface area contributed by atoms with Crippen LogP contribution < -0.4 is 5.32 Å². The minimum atomic E-state index is -1.10. The van der Waals surface area contributed by atoms with Crippen molar-refractivity contribution in [3.63, 3.8) is 0 Å². The summed E-state index contributed by atoms with van der Waals surface area (Å²) in [4.78, 5) is 25.0. The van der Waals surface area contributed by atoms with Gasteiger partial charge in [-0.15, -0.1) is 0 Å². The average Bonchev–Trinajstić information content (AvgIpc) is 2.97. The first-order valence-corrected chi connectivity index (χ1v) is 6.94. The molecular formula is C13H20N4O4. The molecule has 8 nitrogen and oxygen atoms in total. The van der Waals surface area contributed by atoms with E-state index >= 15 is 0 Å². The highest BCUT2D eigenvalue weighted by Crippen LogP contribution is 2.06. The number of aromatic carboxylic acids is 1. The SMILES string of the molecule is CC(C(=O)NCCN1CCOCC1)n1ccc(C(=O)O)n1. The Bertz CT molecular complexity index is 496. The zero-order valence-electron chi connectivity index (χ0n) is 12.0. The molecule has 1 aliphatic heterocycles. The lowest BCUT2D eigenvalue weighted by Gasteiger charge is -2.26. The summed E-state index contributed by atoms with van der Waals surface area (Å²) in [5.74, 6) is -1.28. The molecule has 1 amide bonds. The van der Waals surface area contributed by atoms with Crippen LogP contribution in [0.25, 0.3) is 0 Å². The molecule has 2 heterocycles. The van der Waals surface area contributed by atoms with Crippen molar-refractivity contribution in [2.45, 2.75) is 13.0 Å². The lowest BCUT2D eigenvalue weighted by molar-refractivity contribution is -0.124. The third-order valence-corrected chi connectivity index (χ3v) is 3.43. The van der Waals surface area contributed by atoms with E-state index in [1.54, 1.807) is 6.92 Å². The molecule has 1 aromatic rings. The van der Waals surface area contributed by atoms with Crippen molar-refractivity contribution in [2.75, 3.05) is 39.4 Å². The molecule has 1 unspecified atom stereocenters. The van der Waals surface area contributed by atoms with Gasteiger partial charge in [0.2, 0.25) is 5.91 Å². The number of carbonyl (C=O) groups is 2. The third kappa shape index (κ3) is 4.27. The highest BCUT2D eigenvalue weighted by molar-refractivity contribution is 5.85. The lowest BCUT2D eigenvalue weighted by atomic mass is 10.3. The summed E-state index contributed by atoms with van der Waals surface area (Å²) in [6, 6.07) is 0.836. The fourth-order valence-corrected chi connectivity index (χ4v) is 2.10. The molecule has 1 aliphatic rings. The first-order chi connectivity index (χ1) is 10.1. The first-order valence-electron chi connectivity index (χ1n) is 6.94. The quantitative estimate of drug-likeness (QED) is 0.741. The fraction of sp³-hybridized carbons (Fsp3) is 0.615. The Morgan fingerprint density at radius 3 is 2.81 bits per heavy atom. The Hall–Kier alpha value is -1.93. The molecule has 2 rings (SSSR count). The van der Waals surface area contributed by atoms with Crippen LogP contribution >= 0.6 is 0 Å². The number of hydrogen-bond donors (Lipinski definition) is 2. The van der Waals surface area contributed by atoms with Crippen LogP contribution in [-0.4, -0.2) is 71.1 Å². The third-order valence-electron chi connectivity index (χ3n) is 3.43. The minimum absolute atomic E-state index is 0.0667. The van der Waals surface area contributed by atoms with Gasteiger partial charge in [-0.2, -0.15) is 5.10 Å². The molecule has 1 aromatic heterocycles. The molecule has 1 fully saturated rings. The van der Waals surface area contributed by atoms with E-state index < -0.39 is 12.0 Å². The summed E-state index contributed by atoms with van der Waals surface area (Å²) in [5, 5.41) is 15.5. The molecular weight excluding hydrogens is 276 g/mol. The van der Waals surface area contributed by atoms with Gasteiger partial charge in [0.05, 0.1) is 13.2 Å². The molecule has 1 atom stereocenters. The highest BCUT2D eigenvalue weighted by atomic mass is 16.5. The summed E-state index contributed by atoms with van der Waals surface area (Å²) in [6.45, 7) is 6.24. The summed E-state index contributed by atoms with van der Waals surface area (Å²) >= 11 is 0. The van der Waals surface area contributed by atoms with E-state index in [9.17, 15) is 9.59 Å². The summed E-state index contributed by atoms with van der Waals surface area (Å²) in [5.41, 5.74) is -0.0667. The fourth-order valence-electron chi connectivity index (χ4n) is 2.10. The Balaban J connectivity index is 1.77. The molecule has 0 bridgehead atoms. The van der Waals surface area contributed by atoms with Gasteiger partial charge >= 0.3 is 5.97 Å². The molecule has 0 aromatic carbocycles. The van der Waals surface area contributed by atoms with Gasteiger partial charge in [0.25, 0.3) is 0 Å². The molecule has 2 N–H and O–H groups in total. The van der Waals surface area contributed by atoms with E-state index in [2.05, 4.69) is 15.3 Å². The second-order valence-corrected chi connectivity index (χ2v) is 4.91. The van der Waals surface area contributed by atoms with Crippen molar-refractivity contribution in [2.24, 2.45) is 0 Å². The van der Waals surface area contributed by atoms with Crippen molar-refractivity contribution < 1.29 is 19.4 Å². The molecule has 116 valence electrons. The van der Waals surface area contributed by atoms with Gasteiger partial charge in [0.1, 0.15) is 6.04 Å². The van der Waals surface area contributed by atoms with Crippen LogP contribution in [0.5, 0.6) is 0 Å². The second kappa shape index (κ2) is 7.19. The van der Waals surface area contributed by atoms with Crippen LogP contribution in [0, 0.1) is 0 Å². The molecule has 0 radical (unpaired) electrons. The maximum atomic E-state index is 12.0. The largest absolute Gasteiger partial charge is 0.476 e. The van der Waals surface area contributed by atoms with Crippen LogP contribution in [0.3, 0.4) is 0 Å². The van der Waals surface area contributed by atoms with Crippen molar-refractivity contribution in [1.29, 1.82) is 0 Å². The number of ether oxygens (including phenoxy) is 1. The van der Waals surface area contributed by atoms with E-state index in [0.717, 1.165) is 32.8 Å². The number of aromatic nitrogens is 2. The number of hydrogen-bond acceptors (Lipinski definition) is 5. The second-order valence-electron chi connectivity index (χ2n) is 4.91. The standard InChI is InChI=1S/C13H20N4O4/c1-10(17-4-2-11(15-17)13(19)20)12(18)14-3-5-16-6-8-21-9-7-16/h2,4,10H,3,5-9H2,1H3,(H,14,18)(H,19,20). The number of carbonyl (C=O) groups excluding carboxylic acids is 1. The van der Waals surface area contributed by atoms with Gasteiger partial charge in [-0.1, -0.05) is 0 Å². The van der Waals surface area contributed by atoms with E-state index in [1.807, 2.05) is 0 Å². The Kier molecular flexibility index (Phi) is 5.29. The van der Waals surface area contributed by atoms with E-state index in [1.165, 1.54) is 16.9 Å². The number of rotatable bonds is 6. The number of amides is 1. The van der Waals surface area contributed by atoms with Gasteiger partial charge < -0.3 is 15.2 Å². The van der Waals surface area contributed by atoms with Crippen LogP contribution in [0.1, 0.15) is 23.5 Å². The summed E-state index contributed by atoms with van der Waals surface area (Å²) in [6.07, 6.45) is 1.50. The first kappa shape index (κ1) is 15.5. The molecule has 8 heteroatoms. The predicted molar refractivity (Wildman–Crippen MR) is 74.2 cm³/mol. The lowest BCUT2D eigenvalue weighted by Crippen LogP contribution is -2.42. The monoisotopic (exact) mass is 296 g/mol. The van der Waals surface area contributed by atoms with E-state index in [4.69, 9.17) is 9.84 Å². The maximum absolute atomic E-state index is 12.0. The van der Waals surface area contributed by atoms with Gasteiger partial charge in [-0.3, -0.25) is 14.4 Å². The Morgan fingerprint density at radius 1 is 1.48 bits per heavy atom. The van der Waals surface area contributed by atoms with Gasteiger partial charge in [0.15, 0.2) is 5.69 Å². The Labute approximate surface area is 122 Å². The zero-order valence-corrected chi connectivity index (χ0v) is 12.0. The Morgan fingerprint density at radius 2 is 2.19 bits per heavy atom. The summed E-state index contributed by atoms with van der Waals surface area (Å²) in [7, 11) is 0. The van der Waals surface area contributed by atoms with Crippen LogP contribution in [0.15, 0.2) is 12.3 Å². The topological polar surface area (TPSA) is 96.7 Å². The van der Waals surface area contributed by atoms with E-state index in [0.29, 0.717) is 6.54 Å². The molecule has 0 spiro atoms. The predicted octanol–water partition coefficient (Wildman–Crippen LogP) is -0.409. The van der Waals surface area contributed by atoms with E-state index in [-0.39, 0.29) is 11.6 Å². The number of nitrogens with zero attached hydrogens (tertiary/aromatic N) is 3. The molecule has 21 heavy (non-hydrogen) atoms. The smallest absolute Gasteiger partial charge is 0.356 e. The molecule has 0 aliphatic carbocycles. The number of morpholine rings is 1. The van der Waals surface area contributed by atoms with Gasteiger partial charge in [0, 0.05) is 32.4 Å². The molecule has 1 saturated heterocycles. The average molecular weight is 296 g/mol. The van der Waals surface area contributed by atoms with Crippen molar-refractivity contribution >= 4 is 11.9 Å². The van der Waals surface area contributed by atoms with Crippen LogP contribution in [-0.2, 0) is 9.53 Å². The van der Waals surface area contributed by atoms with Crippen LogP contribution in [0.2, 0.25) is 0 Å². The van der Waals surface area contributed by atoms with Crippen LogP contribution in [0.4, 0.5) is 0 Å². The normalized spacial score (nSPS) is 17.4. The number of nitrogens with one attached hydrogen (secondary N) is 1. The van der Waals surface area contributed by atoms with Crippen molar-refractivity contribution in [1.82, 2.24) is 20.0 Å². The van der Waals surface area contributed by atoms with Crippen molar-refractivity contribution in [3.05, 3.63) is 18.0 Å². The number of carboxylic acid groups (broad SMARTS) is 1. The minimum Gasteiger partial charge on any atom is -0.476 e.